The minimum atomic E-state index is -0.191. The van der Waals surface area contributed by atoms with Gasteiger partial charge in [-0.15, -0.1) is 5.10 Å². The van der Waals surface area contributed by atoms with Gasteiger partial charge in [-0.25, -0.2) is 4.98 Å². The van der Waals surface area contributed by atoms with E-state index < -0.39 is 0 Å². The molecule has 0 saturated carbocycles. The number of aromatic nitrogens is 3. The largest absolute Gasteiger partial charge is 0.353 e. The number of piperazine rings is 1. The summed E-state index contributed by atoms with van der Waals surface area (Å²) in [7, 11) is 0. The van der Waals surface area contributed by atoms with Crippen molar-refractivity contribution in [3.05, 3.63) is 18.2 Å². The maximum Gasteiger partial charge on any atom is 0.236 e. The molecular formula is C8H11N5O. The average Bonchev–Trinajstić information content (AvgIpc) is 2.23. The van der Waals surface area contributed by atoms with Crippen molar-refractivity contribution >= 4 is 5.91 Å². The Balaban J connectivity index is 2.11. The van der Waals surface area contributed by atoms with Crippen LogP contribution < -0.4 is 10.6 Å². The summed E-state index contributed by atoms with van der Waals surface area (Å²) in [5, 5.41) is 13.3. The third-order valence-corrected chi connectivity index (χ3v) is 2.20. The number of nitrogens with one attached hydrogen (secondary N) is 2. The molecule has 0 spiro atoms. The summed E-state index contributed by atoms with van der Waals surface area (Å²) >= 11 is 0. The zero-order valence-corrected chi connectivity index (χ0v) is 7.77. The summed E-state index contributed by atoms with van der Waals surface area (Å²) in [4.78, 5) is 15.2. The molecule has 1 aromatic rings. The molecule has 1 saturated heterocycles. The van der Waals surface area contributed by atoms with Crippen LogP contribution in [0.15, 0.2) is 12.5 Å². The van der Waals surface area contributed by atoms with E-state index in [2.05, 4.69) is 25.8 Å². The van der Waals surface area contributed by atoms with Crippen molar-refractivity contribution in [3.63, 3.8) is 0 Å². The van der Waals surface area contributed by atoms with E-state index in [4.69, 9.17) is 0 Å². The number of nitrogens with zero attached hydrogens (tertiary/aromatic N) is 3. The summed E-state index contributed by atoms with van der Waals surface area (Å²) < 4.78 is 0. The van der Waals surface area contributed by atoms with Crippen LogP contribution >= 0.6 is 0 Å². The third-order valence-electron chi connectivity index (χ3n) is 2.20. The molecule has 2 atom stereocenters. The van der Waals surface area contributed by atoms with Gasteiger partial charge in [0, 0.05) is 6.54 Å². The first kappa shape index (κ1) is 9.01. The first-order valence-corrected chi connectivity index (χ1v) is 4.43. The predicted molar refractivity (Wildman–Crippen MR) is 48.2 cm³/mol. The second-order valence-corrected chi connectivity index (χ2v) is 3.22. The van der Waals surface area contributed by atoms with E-state index in [0.29, 0.717) is 6.54 Å². The lowest BCUT2D eigenvalue weighted by atomic mass is 10.1. The van der Waals surface area contributed by atoms with Crippen LogP contribution in [0.2, 0.25) is 0 Å². The fraction of sp³-hybridized carbons (Fsp3) is 0.500. The van der Waals surface area contributed by atoms with Crippen LogP contribution in [-0.2, 0) is 4.79 Å². The first-order valence-electron chi connectivity index (χ1n) is 4.43. The molecule has 1 aliphatic heterocycles. The molecule has 1 aliphatic rings. The molecule has 2 N–H and O–H groups in total. The Morgan fingerprint density at radius 2 is 2.36 bits per heavy atom. The van der Waals surface area contributed by atoms with E-state index in [9.17, 15) is 4.79 Å². The van der Waals surface area contributed by atoms with Gasteiger partial charge in [0.05, 0.1) is 24.0 Å². The zero-order chi connectivity index (χ0) is 9.97. The zero-order valence-electron chi connectivity index (χ0n) is 7.77. The maximum absolute atomic E-state index is 11.1. The quantitative estimate of drug-likeness (QED) is 0.599. The molecule has 1 fully saturated rings. The van der Waals surface area contributed by atoms with Crippen molar-refractivity contribution in [2.24, 2.45) is 0 Å². The Kier molecular flexibility index (Phi) is 2.36. The molecule has 6 nitrogen and oxygen atoms in total. The summed E-state index contributed by atoms with van der Waals surface area (Å²) in [6.45, 7) is 2.36. The lowest BCUT2D eigenvalue weighted by molar-refractivity contribution is -0.124. The van der Waals surface area contributed by atoms with Gasteiger partial charge < -0.3 is 5.32 Å². The fourth-order valence-electron chi connectivity index (χ4n) is 1.41. The Hall–Kier alpha value is -1.56. The number of carbonyl (C=O) groups is 1. The van der Waals surface area contributed by atoms with Crippen LogP contribution in [0.3, 0.4) is 0 Å². The first-order chi connectivity index (χ1) is 6.77. The number of carbonyl (C=O) groups excluding carboxylic acids is 1. The molecule has 0 radical (unpaired) electrons. The van der Waals surface area contributed by atoms with Gasteiger partial charge in [-0.3, -0.25) is 10.1 Å². The van der Waals surface area contributed by atoms with Crippen LogP contribution in [0.1, 0.15) is 18.7 Å². The van der Waals surface area contributed by atoms with Crippen molar-refractivity contribution in [1.82, 2.24) is 25.8 Å². The minimum Gasteiger partial charge on any atom is -0.353 e. The van der Waals surface area contributed by atoms with Crippen LogP contribution in [0, 0.1) is 0 Å². The van der Waals surface area contributed by atoms with E-state index in [-0.39, 0.29) is 18.0 Å². The van der Waals surface area contributed by atoms with E-state index in [1.807, 2.05) is 6.92 Å². The highest BCUT2D eigenvalue weighted by Gasteiger charge is 2.25. The highest BCUT2D eigenvalue weighted by molar-refractivity contribution is 5.82. The van der Waals surface area contributed by atoms with Gasteiger partial charge in [0.15, 0.2) is 0 Å². The van der Waals surface area contributed by atoms with Gasteiger partial charge in [-0.2, -0.15) is 5.10 Å². The van der Waals surface area contributed by atoms with E-state index in [1.54, 1.807) is 6.20 Å². The van der Waals surface area contributed by atoms with E-state index >= 15 is 0 Å². The molecule has 2 rings (SSSR count). The second-order valence-electron chi connectivity index (χ2n) is 3.22. The lowest BCUT2D eigenvalue weighted by Gasteiger charge is -2.27. The smallest absolute Gasteiger partial charge is 0.236 e. The third kappa shape index (κ3) is 1.69. The van der Waals surface area contributed by atoms with Crippen molar-refractivity contribution in [1.29, 1.82) is 0 Å². The molecular weight excluding hydrogens is 182 g/mol. The number of hydrogen-bond donors (Lipinski definition) is 2. The molecule has 0 bridgehead atoms. The Labute approximate surface area is 81.1 Å². The molecule has 1 aromatic heterocycles. The molecule has 1 unspecified atom stereocenters. The number of amides is 1. The van der Waals surface area contributed by atoms with Gasteiger partial charge in [0.1, 0.15) is 6.33 Å². The SMILES string of the molecule is C[C@@H]1NC(c2cnncn2)CNC1=O. The van der Waals surface area contributed by atoms with Crippen molar-refractivity contribution in [3.8, 4) is 0 Å². The number of hydrogen-bond acceptors (Lipinski definition) is 5. The number of rotatable bonds is 1. The lowest BCUT2D eigenvalue weighted by Crippen LogP contribution is -2.53. The molecule has 74 valence electrons. The highest BCUT2D eigenvalue weighted by atomic mass is 16.2. The fourth-order valence-corrected chi connectivity index (χ4v) is 1.41. The standard InChI is InChI=1S/C8H11N5O/c1-5-8(14)9-2-7(13-5)6-3-11-12-4-10-6/h3-5,7,13H,2H2,1H3,(H,9,14)/t5-,7?/m0/s1. The molecule has 6 heteroatoms. The summed E-state index contributed by atoms with van der Waals surface area (Å²) in [5.41, 5.74) is 0.798. The van der Waals surface area contributed by atoms with Crippen molar-refractivity contribution in [2.75, 3.05) is 6.54 Å². The topological polar surface area (TPSA) is 79.8 Å². The molecule has 1 amide bonds. The van der Waals surface area contributed by atoms with Crippen LogP contribution in [0.4, 0.5) is 0 Å². The van der Waals surface area contributed by atoms with Crippen LogP contribution in [0.25, 0.3) is 0 Å². The van der Waals surface area contributed by atoms with Gasteiger partial charge in [-0.05, 0) is 6.92 Å². The molecule has 0 aromatic carbocycles. The highest BCUT2D eigenvalue weighted by Crippen LogP contribution is 2.10. The monoisotopic (exact) mass is 193 g/mol. The Morgan fingerprint density at radius 1 is 1.50 bits per heavy atom. The maximum atomic E-state index is 11.1. The summed E-state index contributed by atoms with van der Waals surface area (Å²) in [5.74, 6) is 0.0169. The van der Waals surface area contributed by atoms with Gasteiger partial charge in [-0.1, -0.05) is 0 Å². The van der Waals surface area contributed by atoms with Gasteiger partial charge in [0.2, 0.25) is 5.91 Å². The van der Waals surface area contributed by atoms with Gasteiger partial charge >= 0.3 is 0 Å². The molecule has 2 heterocycles. The minimum absolute atomic E-state index is 0.0169. The van der Waals surface area contributed by atoms with Crippen molar-refractivity contribution < 1.29 is 4.79 Å². The van der Waals surface area contributed by atoms with Crippen LogP contribution in [-0.4, -0.2) is 33.7 Å². The molecule has 14 heavy (non-hydrogen) atoms. The normalized spacial score (nSPS) is 27.1. The average molecular weight is 193 g/mol. The molecule has 0 aliphatic carbocycles. The second kappa shape index (κ2) is 3.67. The van der Waals surface area contributed by atoms with E-state index in [1.165, 1.54) is 6.33 Å². The summed E-state index contributed by atoms with van der Waals surface area (Å²) in [6.07, 6.45) is 3.00. The predicted octanol–water partition coefficient (Wildman–Crippen LogP) is -0.979. The van der Waals surface area contributed by atoms with Crippen molar-refractivity contribution in [2.45, 2.75) is 19.0 Å². The van der Waals surface area contributed by atoms with Gasteiger partial charge in [0.25, 0.3) is 0 Å². The van der Waals surface area contributed by atoms with E-state index in [0.717, 1.165) is 5.69 Å². The summed E-state index contributed by atoms with van der Waals surface area (Å²) in [6, 6.07) is -0.165. The van der Waals surface area contributed by atoms with Crippen LogP contribution in [0.5, 0.6) is 0 Å². The Bertz CT molecular complexity index is 328. The Morgan fingerprint density at radius 3 is 3.00 bits per heavy atom.